The van der Waals surface area contributed by atoms with Gasteiger partial charge in [0, 0.05) is 25.5 Å². The standard InChI is InChI=1S/C31H33N5O7S/c1-3-17-36-27(33-29(34-36)30(39)32-25(28(38)31(40)41)18-21-9-5-4-6-10-21)19-22-13-15-23(16-14-22)24-11-7-8-12-26(24)44(42,43)35-20(2)37/h4-16,25,28,38H,3,17-19H2,1-2H3,(H,32,39)(H,35,37)(H,40,41). The number of amides is 2. The Balaban J connectivity index is 1.55. The number of aliphatic hydroxyl groups is 1. The molecule has 3 aromatic carbocycles. The van der Waals surface area contributed by atoms with Gasteiger partial charge in [-0.2, -0.15) is 0 Å². The van der Waals surface area contributed by atoms with Crippen LogP contribution >= 0.6 is 0 Å². The molecule has 4 aromatic rings. The van der Waals surface area contributed by atoms with E-state index in [2.05, 4.69) is 15.4 Å². The molecule has 12 nitrogen and oxygen atoms in total. The summed E-state index contributed by atoms with van der Waals surface area (Å²) in [5, 5.41) is 26.6. The smallest absolute Gasteiger partial charge is 0.334 e. The van der Waals surface area contributed by atoms with Crippen LogP contribution in [0, 0.1) is 0 Å². The van der Waals surface area contributed by atoms with E-state index in [-0.39, 0.29) is 17.1 Å². The quantitative estimate of drug-likeness (QED) is 0.175. The third-order valence-electron chi connectivity index (χ3n) is 6.72. The maximum atomic E-state index is 13.1. The van der Waals surface area contributed by atoms with E-state index in [1.807, 2.05) is 17.7 Å². The molecule has 44 heavy (non-hydrogen) atoms. The normalized spacial score (nSPS) is 12.7. The number of nitrogens with one attached hydrogen (secondary N) is 2. The second kappa shape index (κ2) is 14.1. The summed E-state index contributed by atoms with van der Waals surface area (Å²) in [5.41, 5.74) is 2.60. The second-order valence-corrected chi connectivity index (χ2v) is 11.8. The minimum Gasteiger partial charge on any atom is -0.479 e. The highest BCUT2D eigenvalue weighted by atomic mass is 32.2. The molecule has 0 saturated heterocycles. The van der Waals surface area contributed by atoms with Crippen molar-refractivity contribution in [2.45, 2.75) is 56.7 Å². The Morgan fingerprint density at radius 3 is 2.23 bits per heavy atom. The number of nitrogens with zero attached hydrogens (tertiary/aromatic N) is 3. The van der Waals surface area contributed by atoms with Gasteiger partial charge in [0.1, 0.15) is 5.82 Å². The molecule has 2 unspecified atom stereocenters. The van der Waals surface area contributed by atoms with Crippen LogP contribution in [0.15, 0.2) is 83.8 Å². The van der Waals surface area contributed by atoms with Crippen molar-refractivity contribution in [1.82, 2.24) is 24.8 Å². The summed E-state index contributed by atoms with van der Waals surface area (Å²) >= 11 is 0. The highest BCUT2D eigenvalue weighted by Gasteiger charge is 2.29. The molecule has 0 radical (unpaired) electrons. The van der Waals surface area contributed by atoms with Crippen molar-refractivity contribution in [3.05, 3.63) is 102 Å². The number of aliphatic carboxylic acids is 1. The number of carbonyl (C=O) groups excluding carboxylic acids is 2. The number of hydrogen-bond donors (Lipinski definition) is 4. The van der Waals surface area contributed by atoms with Gasteiger partial charge in [0.25, 0.3) is 15.9 Å². The fourth-order valence-corrected chi connectivity index (χ4v) is 5.90. The summed E-state index contributed by atoms with van der Waals surface area (Å²) in [7, 11) is -4.06. The lowest BCUT2D eigenvalue weighted by Gasteiger charge is -2.21. The first-order valence-electron chi connectivity index (χ1n) is 13.9. The minimum absolute atomic E-state index is 0.0279. The lowest BCUT2D eigenvalue weighted by atomic mass is 10.0. The largest absolute Gasteiger partial charge is 0.479 e. The van der Waals surface area contributed by atoms with Gasteiger partial charge in [-0.3, -0.25) is 9.59 Å². The van der Waals surface area contributed by atoms with Gasteiger partial charge in [-0.05, 0) is 35.6 Å². The summed E-state index contributed by atoms with van der Waals surface area (Å²) in [6, 6.07) is 21.3. The summed E-state index contributed by atoms with van der Waals surface area (Å²) < 4.78 is 29.0. The second-order valence-electron chi connectivity index (χ2n) is 10.2. The number of sulfonamides is 1. The molecule has 1 aromatic heterocycles. The number of aliphatic hydroxyl groups excluding tert-OH is 1. The molecule has 0 aliphatic carbocycles. The molecule has 0 bridgehead atoms. The van der Waals surface area contributed by atoms with E-state index in [4.69, 9.17) is 0 Å². The summed E-state index contributed by atoms with van der Waals surface area (Å²) in [6.45, 7) is 3.56. The fraction of sp³-hybridized carbons (Fsp3) is 0.258. The van der Waals surface area contributed by atoms with E-state index in [0.29, 0.717) is 36.3 Å². The number of hydrogen-bond acceptors (Lipinski definition) is 8. The summed E-state index contributed by atoms with van der Waals surface area (Å²) in [5.74, 6) is -2.52. The molecule has 2 atom stereocenters. The van der Waals surface area contributed by atoms with Crippen molar-refractivity contribution < 1.29 is 33.0 Å². The van der Waals surface area contributed by atoms with Crippen LogP contribution < -0.4 is 10.0 Å². The Morgan fingerprint density at radius 1 is 0.932 bits per heavy atom. The molecule has 0 aliphatic heterocycles. The average Bonchev–Trinajstić information content (AvgIpc) is 3.39. The number of aromatic nitrogens is 3. The Labute approximate surface area is 254 Å². The highest BCUT2D eigenvalue weighted by Crippen LogP contribution is 2.28. The molecule has 0 aliphatic rings. The average molecular weight is 620 g/mol. The van der Waals surface area contributed by atoms with Crippen molar-refractivity contribution in [3.8, 4) is 11.1 Å². The van der Waals surface area contributed by atoms with Crippen LogP contribution in [0.4, 0.5) is 0 Å². The number of aryl methyl sites for hydroxylation is 1. The summed E-state index contributed by atoms with van der Waals surface area (Å²) in [4.78, 5) is 40.5. The van der Waals surface area contributed by atoms with E-state index in [1.54, 1.807) is 71.4 Å². The van der Waals surface area contributed by atoms with Crippen molar-refractivity contribution in [2.75, 3.05) is 0 Å². The van der Waals surface area contributed by atoms with E-state index in [1.165, 1.54) is 6.07 Å². The molecule has 2 amide bonds. The van der Waals surface area contributed by atoms with Crippen LogP contribution in [-0.2, 0) is 39.0 Å². The predicted molar refractivity (Wildman–Crippen MR) is 161 cm³/mol. The maximum absolute atomic E-state index is 13.1. The SMILES string of the molecule is CCCn1nc(C(=O)NC(Cc2ccccc2)C(O)C(=O)O)nc1Cc1ccc(-c2ccccc2S(=O)(=O)NC(C)=O)cc1. The zero-order valence-corrected chi connectivity index (χ0v) is 25.0. The molecule has 4 rings (SSSR count). The van der Waals surface area contributed by atoms with Gasteiger partial charge < -0.3 is 15.5 Å². The maximum Gasteiger partial charge on any atom is 0.334 e. The van der Waals surface area contributed by atoms with Crippen molar-refractivity contribution in [2.24, 2.45) is 0 Å². The molecule has 13 heteroatoms. The first-order valence-corrected chi connectivity index (χ1v) is 15.4. The number of carboxylic acid groups (broad SMARTS) is 1. The Hall–Kier alpha value is -4.88. The van der Waals surface area contributed by atoms with Crippen molar-refractivity contribution in [1.29, 1.82) is 0 Å². The van der Waals surface area contributed by atoms with Crippen LogP contribution in [0.5, 0.6) is 0 Å². The first kappa shape index (κ1) is 32.0. The zero-order chi connectivity index (χ0) is 31.9. The van der Waals surface area contributed by atoms with Gasteiger partial charge in [0.05, 0.1) is 10.9 Å². The molecular formula is C31H33N5O7S. The summed E-state index contributed by atoms with van der Waals surface area (Å²) in [6.07, 6.45) is -0.736. The lowest BCUT2D eigenvalue weighted by Crippen LogP contribution is -2.48. The van der Waals surface area contributed by atoms with Crippen LogP contribution in [0.25, 0.3) is 11.1 Å². The fourth-order valence-electron chi connectivity index (χ4n) is 4.68. The third kappa shape index (κ3) is 7.94. The molecule has 0 fully saturated rings. The molecule has 0 spiro atoms. The minimum atomic E-state index is -4.06. The van der Waals surface area contributed by atoms with Crippen LogP contribution in [0.3, 0.4) is 0 Å². The predicted octanol–water partition coefficient (Wildman–Crippen LogP) is 2.56. The monoisotopic (exact) mass is 619 g/mol. The van der Waals surface area contributed by atoms with Gasteiger partial charge in [0.2, 0.25) is 11.7 Å². The molecule has 0 saturated carbocycles. The van der Waals surface area contributed by atoms with E-state index in [0.717, 1.165) is 18.1 Å². The first-order chi connectivity index (χ1) is 21.0. The van der Waals surface area contributed by atoms with E-state index >= 15 is 0 Å². The third-order valence-corrected chi connectivity index (χ3v) is 8.21. The van der Waals surface area contributed by atoms with Crippen LogP contribution in [-0.4, -0.2) is 63.3 Å². The van der Waals surface area contributed by atoms with E-state index < -0.39 is 40.0 Å². The topological polar surface area (TPSA) is 181 Å². The Morgan fingerprint density at radius 2 is 1.59 bits per heavy atom. The molecule has 1 heterocycles. The number of carboxylic acids is 1. The van der Waals surface area contributed by atoms with Crippen LogP contribution in [0.1, 0.15) is 47.8 Å². The zero-order valence-electron chi connectivity index (χ0n) is 24.2. The molecular weight excluding hydrogens is 586 g/mol. The van der Waals surface area contributed by atoms with Gasteiger partial charge in [-0.15, -0.1) is 5.10 Å². The Kier molecular flexibility index (Phi) is 10.2. The van der Waals surface area contributed by atoms with Gasteiger partial charge in [-0.1, -0.05) is 79.7 Å². The van der Waals surface area contributed by atoms with Gasteiger partial charge >= 0.3 is 5.97 Å². The highest BCUT2D eigenvalue weighted by molar-refractivity contribution is 7.90. The van der Waals surface area contributed by atoms with Crippen LogP contribution in [0.2, 0.25) is 0 Å². The van der Waals surface area contributed by atoms with Crippen molar-refractivity contribution >= 4 is 27.8 Å². The van der Waals surface area contributed by atoms with E-state index in [9.17, 15) is 33.0 Å². The molecule has 4 N–H and O–H groups in total. The number of benzene rings is 3. The lowest BCUT2D eigenvalue weighted by molar-refractivity contribution is -0.148. The van der Waals surface area contributed by atoms with Gasteiger partial charge in [0.15, 0.2) is 6.10 Å². The van der Waals surface area contributed by atoms with Gasteiger partial charge in [-0.25, -0.2) is 27.6 Å². The van der Waals surface area contributed by atoms with Crippen molar-refractivity contribution in [3.63, 3.8) is 0 Å². The Bertz CT molecular complexity index is 1740. The number of carbonyl (C=O) groups is 3. The molecule has 230 valence electrons. The number of rotatable bonds is 13.